The van der Waals surface area contributed by atoms with E-state index in [0.29, 0.717) is 12.6 Å². The minimum Gasteiger partial charge on any atom is -0.493 e. The second-order valence-corrected chi connectivity index (χ2v) is 6.04. The van der Waals surface area contributed by atoms with E-state index in [1.165, 1.54) is 5.56 Å². The highest BCUT2D eigenvalue weighted by molar-refractivity contribution is 5.91. The maximum absolute atomic E-state index is 12.2. The van der Waals surface area contributed by atoms with Gasteiger partial charge in [0.15, 0.2) is 0 Å². The number of para-hydroxylation sites is 2. The fourth-order valence-corrected chi connectivity index (χ4v) is 2.70. The van der Waals surface area contributed by atoms with Crippen LogP contribution in [0.3, 0.4) is 0 Å². The van der Waals surface area contributed by atoms with E-state index in [1.807, 2.05) is 60.0 Å². The van der Waals surface area contributed by atoms with Gasteiger partial charge in [-0.3, -0.25) is 10.1 Å². The zero-order chi connectivity index (χ0) is 17.6. The van der Waals surface area contributed by atoms with Gasteiger partial charge in [0.05, 0.1) is 24.1 Å². The Hall–Kier alpha value is -2.82. The Balaban J connectivity index is 1.61. The number of rotatable bonds is 7. The molecule has 2 aromatic carbocycles. The summed E-state index contributed by atoms with van der Waals surface area (Å²) in [7, 11) is 0. The highest BCUT2D eigenvalue weighted by Crippen LogP contribution is 2.20. The van der Waals surface area contributed by atoms with Gasteiger partial charge >= 0.3 is 0 Å². The first kappa shape index (κ1) is 17.0. The van der Waals surface area contributed by atoms with Crippen molar-refractivity contribution in [2.45, 2.75) is 33.2 Å². The van der Waals surface area contributed by atoms with Crippen molar-refractivity contribution in [1.29, 1.82) is 0 Å². The van der Waals surface area contributed by atoms with Gasteiger partial charge in [-0.1, -0.05) is 36.8 Å². The molecule has 25 heavy (non-hydrogen) atoms. The minimum absolute atomic E-state index is 0.0974. The lowest BCUT2D eigenvalue weighted by Gasteiger charge is -2.09. The molecular formula is C20H23N3O2. The fraction of sp³-hybridized carbons (Fsp3) is 0.300. The molecule has 0 aliphatic carbocycles. The molecule has 0 aliphatic heterocycles. The van der Waals surface area contributed by atoms with E-state index in [1.54, 1.807) is 0 Å². The second-order valence-electron chi connectivity index (χ2n) is 6.04. The van der Waals surface area contributed by atoms with Crippen molar-refractivity contribution in [2.24, 2.45) is 0 Å². The molecule has 3 rings (SSSR count). The van der Waals surface area contributed by atoms with Gasteiger partial charge in [0.2, 0.25) is 11.9 Å². The number of nitrogens with one attached hydrogen (secondary N) is 1. The summed E-state index contributed by atoms with van der Waals surface area (Å²) < 4.78 is 7.67. The number of ether oxygens (including phenoxy) is 1. The minimum atomic E-state index is -0.0974. The molecule has 0 bridgehead atoms. The third-order valence-corrected chi connectivity index (χ3v) is 3.97. The van der Waals surface area contributed by atoms with Crippen LogP contribution in [0.4, 0.5) is 5.95 Å². The van der Waals surface area contributed by atoms with E-state index < -0.39 is 0 Å². The molecule has 0 unspecified atom stereocenters. The van der Waals surface area contributed by atoms with E-state index in [0.717, 1.165) is 29.7 Å². The van der Waals surface area contributed by atoms with Crippen LogP contribution in [-0.4, -0.2) is 22.1 Å². The Morgan fingerprint density at radius 1 is 1.16 bits per heavy atom. The molecule has 130 valence electrons. The van der Waals surface area contributed by atoms with Gasteiger partial charge < -0.3 is 9.30 Å². The van der Waals surface area contributed by atoms with Crippen LogP contribution >= 0.6 is 0 Å². The Bertz CT molecular complexity index is 853. The number of hydrogen-bond donors (Lipinski definition) is 1. The predicted octanol–water partition coefficient (Wildman–Crippen LogP) is 4.16. The summed E-state index contributed by atoms with van der Waals surface area (Å²) >= 11 is 0. The number of amides is 1. The number of imidazole rings is 1. The zero-order valence-electron chi connectivity index (χ0n) is 14.7. The van der Waals surface area contributed by atoms with Crippen LogP contribution in [0.25, 0.3) is 11.0 Å². The average Bonchev–Trinajstić information content (AvgIpc) is 2.94. The van der Waals surface area contributed by atoms with Crippen LogP contribution in [0.15, 0.2) is 48.5 Å². The standard InChI is InChI=1S/C20H23N3O2/c1-3-13-23-18-7-5-4-6-17(18)21-20(23)22-19(24)12-14-25-16-10-8-15(2)9-11-16/h4-11H,3,12-14H2,1-2H3,(H,21,22,24). The van der Waals surface area contributed by atoms with Crippen molar-refractivity contribution in [3.8, 4) is 5.75 Å². The van der Waals surface area contributed by atoms with Crippen molar-refractivity contribution < 1.29 is 9.53 Å². The molecule has 0 radical (unpaired) electrons. The van der Waals surface area contributed by atoms with Gasteiger partial charge in [0, 0.05) is 6.54 Å². The molecule has 3 aromatic rings. The summed E-state index contributed by atoms with van der Waals surface area (Å²) in [6.07, 6.45) is 1.25. The SMILES string of the molecule is CCCn1c(NC(=O)CCOc2ccc(C)cc2)nc2ccccc21. The zero-order valence-corrected chi connectivity index (χ0v) is 14.7. The number of carbonyl (C=O) groups is 1. The molecule has 5 nitrogen and oxygen atoms in total. The van der Waals surface area contributed by atoms with Gasteiger partial charge in [0.1, 0.15) is 5.75 Å². The molecule has 0 saturated carbocycles. The molecule has 0 aliphatic rings. The lowest BCUT2D eigenvalue weighted by Crippen LogP contribution is -2.18. The first-order valence-corrected chi connectivity index (χ1v) is 8.62. The summed E-state index contributed by atoms with van der Waals surface area (Å²) in [5, 5.41) is 2.91. The van der Waals surface area contributed by atoms with Gasteiger partial charge in [-0.05, 0) is 37.6 Å². The number of aromatic nitrogens is 2. The van der Waals surface area contributed by atoms with Crippen molar-refractivity contribution >= 4 is 22.9 Å². The van der Waals surface area contributed by atoms with E-state index in [4.69, 9.17) is 4.74 Å². The fourth-order valence-electron chi connectivity index (χ4n) is 2.70. The maximum atomic E-state index is 12.2. The molecule has 1 heterocycles. The highest BCUT2D eigenvalue weighted by atomic mass is 16.5. The van der Waals surface area contributed by atoms with Crippen molar-refractivity contribution in [3.63, 3.8) is 0 Å². The van der Waals surface area contributed by atoms with Crippen LogP contribution in [-0.2, 0) is 11.3 Å². The lowest BCUT2D eigenvalue weighted by atomic mass is 10.2. The third-order valence-electron chi connectivity index (χ3n) is 3.97. The Labute approximate surface area is 147 Å². The van der Waals surface area contributed by atoms with E-state index in [9.17, 15) is 4.79 Å². The number of benzene rings is 2. The molecule has 0 atom stereocenters. The molecule has 1 aromatic heterocycles. The molecule has 1 N–H and O–H groups in total. The normalized spacial score (nSPS) is 10.8. The number of aryl methyl sites for hydroxylation is 2. The topological polar surface area (TPSA) is 56.2 Å². The van der Waals surface area contributed by atoms with Crippen LogP contribution in [0.2, 0.25) is 0 Å². The molecular weight excluding hydrogens is 314 g/mol. The van der Waals surface area contributed by atoms with E-state index in [2.05, 4.69) is 17.2 Å². The molecule has 0 spiro atoms. The Morgan fingerprint density at radius 3 is 2.68 bits per heavy atom. The highest BCUT2D eigenvalue weighted by Gasteiger charge is 2.12. The smallest absolute Gasteiger partial charge is 0.230 e. The second kappa shape index (κ2) is 7.83. The van der Waals surface area contributed by atoms with Crippen LogP contribution < -0.4 is 10.1 Å². The third kappa shape index (κ3) is 4.18. The predicted molar refractivity (Wildman–Crippen MR) is 99.9 cm³/mol. The van der Waals surface area contributed by atoms with Crippen molar-refractivity contribution in [1.82, 2.24) is 9.55 Å². The lowest BCUT2D eigenvalue weighted by molar-refractivity contribution is -0.116. The number of anilines is 1. The van der Waals surface area contributed by atoms with Gasteiger partial charge in [-0.25, -0.2) is 4.98 Å². The largest absolute Gasteiger partial charge is 0.493 e. The Morgan fingerprint density at radius 2 is 1.92 bits per heavy atom. The summed E-state index contributed by atoms with van der Waals surface area (Å²) in [5.41, 5.74) is 3.11. The molecule has 1 amide bonds. The number of nitrogens with zero attached hydrogens (tertiary/aromatic N) is 2. The van der Waals surface area contributed by atoms with Gasteiger partial charge in [-0.2, -0.15) is 0 Å². The summed E-state index contributed by atoms with van der Waals surface area (Å²) in [5.74, 6) is 1.28. The maximum Gasteiger partial charge on any atom is 0.230 e. The van der Waals surface area contributed by atoms with Crippen LogP contribution in [0, 0.1) is 6.92 Å². The molecule has 0 fully saturated rings. The van der Waals surface area contributed by atoms with E-state index in [-0.39, 0.29) is 12.3 Å². The van der Waals surface area contributed by atoms with Crippen LogP contribution in [0.1, 0.15) is 25.3 Å². The summed E-state index contributed by atoms with van der Waals surface area (Å²) in [6, 6.07) is 15.7. The quantitative estimate of drug-likeness (QED) is 0.704. The van der Waals surface area contributed by atoms with Crippen molar-refractivity contribution in [2.75, 3.05) is 11.9 Å². The molecule has 5 heteroatoms. The monoisotopic (exact) mass is 337 g/mol. The van der Waals surface area contributed by atoms with Crippen LogP contribution in [0.5, 0.6) is 5.75 Å². The molecule has 0 saturated heterocycles. The van der Waals surface area contributed by atoms with Gasteiger partial charge in [0.25, 0.3) is 0 Å². The van der Waals surface area contributed by atoms with Crippen molar-refractivity contribution in [3.05, 3.63) is 54.1 Å². The average molecular weight is 337 g/mol. The first-order valence-electron chi connectivity index (χ1n) is 8.62. The van der Waals surface area contributed by atoms with Gasteiger partial charge in [-0.15, -0.1) is 0 Å². The number of hydrogen-bond acceptors (Lipinski definition) is 3. The van der Waals surface area contributed by atoms with E-state index >= 15 is 0 Å². The number of carbonyl (C=O) groups excluding carboxylic acids is 1. The Kier molecular flexibility index (Phi) is 5.33. The first-order chi connectivity index (χ1) is 12.2. The summed E-state index contributed by atoms with van der Waals surface area (Å²) in [6.45, 7) is 5.29. The summed E-state index contributed by atoms with van der Waals surface area (Å²) in [4.78, 5) is 16.8. The number of fused-ring (bicyclic) bond motifs is 1.